The monoisotopic (exact) mass is 364 g/mol. The second-order valence-electron chi connectivity index (χ2n) is 4.45. The zero-order chi connectivity index (χ0) is 17.0. The van der Waals surface area contributed by atoms with E-state index < -0.39 is 15.7 Å². The summed E-state index contributed by atoms with van der Waals surface area (Å²) in [4.78, 5) is 33.5. The lowest BCUT2D eigenvalue weighted by molar-refractivity contribution is 0.107. The molecule has 3 nitrogen and oxygen atoms in total. The lowest BCUT2D eigenvalue weighted by atomic mass is 10.1. The van der Waals surface area contributed by atoms with Crippen molar-refractivity contribution >= 4 is 50.5 Å². The molecule has 114 valence electrons. The largest absolute Gasteiger partial charge is 0.276 e. The van der Waals surface area contributed by atoms with Crippen molar-refractivity contribution in [3.8, 4) is 11.8 Å². The molecule has 0 radical (unpaired) electrons. The summed E-state index contributed by atoms with van der Waals surface area (Å²) in [5.41, 5.74) is 1.67. The van der Waals surface area contributed by atoms with Crippen molar-refractivity contribution in [3.05, 3.63) is 70.3 Å². The average Bonchev–Trinajstić information content (AvgIpc) is 2.52. The van der Waals surface area contributed by atoms with Crippen LogP contribution in [0.25, 0.3) is 0 Å². The molecule has 0 unspecified atom stereocenters. The van der Waals surface area contributed by atoms with Crippen molar-refractivity contribution in [3.63, 3.8) is 0 Å². The van der Waals surface area contributed by atoms with Crippen LogP contribution in [-0.4, -0.2) is 15.7 Å². The number of carbonyl (C=O) groups excluding carboxylic acids is 3. The summed E-state index contributed by atoms with van der Waals surface area (Å²) in [5, 5.41) is -1.97. The second kappa shape index (κ2) is 7.43. The van der Waals surface area contributed by atoms with Gasteiger partial charge < -0.3 is 0 Å². The van der Waals surface area contributed by atoms with Crippen LogP contribution in [0.15, 0.2) is 42.5 Å². The Balaban J connectivity index is 2.38. The molecule has 0 aliphatic heterocycles. The fourth-order valence-corrected chi connectivity index (χ4v) is 2.10. The van der Waals surface area contributed by atoms with Gasteiger partial charge in [-0.25, -0.2) is 0 Å². The lowest BCUT2D eigenvalue weighted by Crippen LogP contribution is -1.96. The van der Waals surface area contributed by atoms with Crippen LogP contribution in [0.2, 0.25) is 0 Å². The van der Waals surface area contributed by atoms with E-state index in [9.17, 15) is 14.4 Å². The van der Waals surface area contributed by atoms with Crippen LogP contribution in [-0.2, 0) is 0 Å². The van der Waals surface area contributed by atoms with Gasteiger partial charge in [-0.15, -0.1) is 0 Å². The molecule has 0 atom stereocenters. The van der Waals surface area contributed by atoms with Gasteiger partial charge in [-0.05, 0) is 77.3 Å². The molecule has 6 heteroatoms. The summed E-state index contributed by atoms with van der Waals surface area (Å²) in [7, 11) is 0. The number of halogens is 3. The number of rotatable bonds is 3. The van der Waals surface area contributed by atoms with Crippen molar-refractivity contribution in [2.75, 3.05) is 0 Å². The van der Waals surface area contributed by atoms with E-state index >= 15 is 0 Å². The Hall–Kier alpha value is -2.12. The predicted octanol–water partition coefficient (Wildman–Crippen LogP) is 4.22. The molecule has 0 amide bonds. The maximum Gasteiger partial charge on any atom is 0.252 e. The van der Waals surface area contributed by atoms with Crippen LogP contribution in [0.1, 0.15) is 42.2 Å². The van der Waals surface area contributed by atoms with Crippen molar-refractivity contribution in [2.24, 2.45) is 0 Å². The van der Waals surface area contributed by atoms with E-state index in [0.29, 0.717) is 16.7 Å². The van der Waals surface area contributed by atoms with Crippen LogP contribution in [0.5, 0.6) is 0 Å². The molecule has 0 fully saturated rings. The molecule has 0 saturated carbocycles. The van der Waals surface area contributed by atoms with E-state index in [1.807, 2.05) is 0 Å². The fraction of sp³-hybridized carbons (Fsp3) is 0. The van der Waals surface area contributed by atoms with Crippen LogP contribution >= 0.6 is 34.8 Å². The Labute approximate surface area is 147 Å². The first kappa shape index (κ1) is 17.2. The Morgan fingerprint density at radius 3 is 1.48 bits per heavy atom. The molecule has 0 aliphatic rings. The number of benzene rings is 2. The molecule has 2 rings (SSSR count). The third kappa shape index (κ3) is 4.67. The van der Waals surface area contributed by atoms with E-state index in [-0.39, 0.29) is 11.1 Å². The highest BCUT2D eigenvalue weighted by Crippen LogP contribution is 2.14. The highest BCUT2D eigenvalue weighted by atomic mass is 35.5. The molecule has 0 aromatic heterocycles. The maximum atomic E-state index is 11.3. The van der Waals surface area contributed by atoms with Crippen molar-refractivity contribution < 1.29 is 14.4 Å². The molecule has 0 aliphatic carbocycles. The van der Waals surface area contributed by atoms with Crippen LogP contribution < -0.4 is 0 Å². The van der Waals surface area contributed by atoms with Gasteiger partial charge in [0, 0.05) is 27.8 Å². The minimum atomic E-state index is -0.710. The zero-order valence-electron chi connectivity index (χ0n) is 11.4. The highest BCUT2D eigenvalue weighted by molar-refractivity contribution is 6.69. The Bertz CT molecular complexity index is 827. The summed E-state index contributed by atoms with van der Waals surface area (Å²) in [6, 6.07) is 10.6. The van der Waals surface area contributed by atoms with E-state index in [1.165, 1.54) is 18.2 Å². The number of hydrogen-bond donors (Lipinski definition) is 0. The molecule has 0 spiro atoms. The van der Waals surface area contributed by atoms with Gasteiger partial charge in [0.15, 0.2) is 0 Å². The van der Waals surface area contributed by atoms with E-state index in [0.717, 1.165) is 0 Å². The quantitative estimate of drug-likeness (QED) is 0.604. The van der Waals surface area contributed by atoms with Crippen LogP contribution in [0.3, 0.4) is 0 Å². The van der Waals surface area contributed by atoms with E-state index in [4.69, 9.17) is 34.8 Å². The molecule has 2 aromatic carbocycles. The van der Waals surface area contributed by atoms with Gasteiger partial charge in [-0.1, -0.05) is 11.8 Å². The Kier molecular flexibility index (Phi) is 5.57. The smallest absolute Gasteiger partial charge is 0.252 e. The first-order chi connectivity index (χ1) is 10.9. The molecule has 0 saturated heterocycles. The molecule has 0 N–H and O–H groups in total. The van der Waals surface area contributed by atoms with Crippen molar-refractivity contribution in [1.82, 2.24) is 0 Å². The number of hydrogen-bond acceptors (Lipinski definition) is 3. The van der Waals surface area contributed by atoms with Gasteiger partial charge in [0.25, 0.3) is 15.7 Å². The third-order valence-corrected chi connectivity index (χ3v) is 3.50. The topological polar surface area (TPSA) is 51.2 Å². The lowest BCUT2D eigenvalue weighted by Gasteiger charge is -2.00. The highest BCUT2D eigenvalue weighted by Gasteiger charge is 2.09. The minimum absolute atomic E-state index is 0.130. The second-order valence-corrected chi connectivity index (χ2v) is 5.48. The van der Waals surface area contributed by atoms with E-state index in [1.54, 1.807) is 24.3 Å². The van der Waals surface area contributed by atoms with Gasteiger partial charge >= 0.3 is 0 Å². The minimum Gasteiger partial charge on any atom is -0.276 e. The first-order valence-corrected chi connectivity index (χ1v) is 7.37. The summed E-state index contributed by atoms with van der Waals surface area (Å²) in [6.07, 6.45) is 0. The van der Waals surface area contributed by atoms with Crippen LogP contribution in [0.4, 0.5) is 0 Å². The molecular formula is C17H7Cl3O3. The van der Waals surface area contributed by atoms with Crippen molar-refractivity contribution in [1.29, 1.82) is 0 Å². The van der Waals surface area contributed by atoms with E-state index in [2.05, 4.69) is 11.8 Å². The van der Waals surface area contributed by atoms with Crippen LogP contribution in [0, 0.1) is 11.8 Å². The predicted molar refractivity (Wildman–Crippen MR) is 89.4 cm³/mol. The van der Waals surface area contributed by atoms with Gasteiger partial charge in [-0.3, -0.25) is 14.4 Å². The van der Waals surface area contributed by atoms with Gasteiger partial charge in [-0.2, -0.15) is 0 Å². The van der Waals surface area contributed by atoms with Gasteiger partial charge in [0.2, 0.25) is 0 Å². The average molecular weight is 366 g/mol. The van der Waals surface area contributed by atoms with Gasteiger partial charge in [0.1, 0.15) is 0 Å². The molecule has 2 aromatic rings. The molecule has 23 heavy (non-hydrogen) atoms. The summed E-state index contributed by atoms with van der Waals surface area (Å²) >= 11 is 16.2. The normalized spacial score (nSPS) is 9.70. The van der Waals surface area contributed by atoms with Crippen molar-refractivity contribution in [2.45, 2.75) is 0 Å². The molecular weight excluding hydrogens is 359 g/mol. The first-order valence-electron chi connectivity index (χ1n) is 6.23. The van der Waals surface area contributed by atoms with Gasteiger partial charge in [0.05, 0.1) is 0 Å². The Morgan fingerprint density at radius 1 is 0.609 bits per heavy atom. The molecule has 0 bridgehead atoms. The summed E-state index contributed by atoms with van der Waals surface area (Å²) in [5.74, 6) is 5.66. The fourth-order valence-electron chi connectivity index (χ4n) is 1.76. The zero-order valence-corrected chi connectivity index (χ0v) is 13.7. The summed E-state index contributed by atoms with van der Waals surface area (Å²) < 4.78 is 0. The summed E-state index contributed by atoms with van der Waals surface area (Å²) in [6.45, 7) is 0. The number of carbonyl (C=O) groups is 3. The maximum absolute atomic E-state index is 11.3. The Morgan fingerprint density at radius 2 is 1.04 bits per heavy atom. The SMILES string of the molecule is O=C(Cl)c1ccc(C#Cc2cc(C(=O)Cl)cc(C(=O)Cl)c2)cc1. The molecule has 0 heterocycles. The standard InChI is InChI=1S/C17H7Cl3O3/c18-15(21)12-5-3-10(4-6-12)1-2-11-7-13(16(19)22)9-14(8-11)17(20)23/h3-9H. The third-order valence-electron chi connectivity index (χ3n) is 2.85.